The molecule has 0 amide bonds. The van der Waals surface area contributed by atoms with Gasteiger partial charge in [-0.3, -0.25) is 0 Å². The molecule has 0 aromatic carbocycles. The van der Waals surface area contributed by atoms with Gasteiger partial charge >= 0.3 is 5.97 Å². The first-order valence-corrected chi connectivity index (χ1v) is 4.36. The molecule has 0 unspecified atom stereocenters. The third kappa shape index (κ3) is 2.61. The number of hydrogen-bond donors (Lipinski definition) is 6. The number of carbonyl (C=O) groups is 1. The van der Waals surface area contributed by atoms with Crippen LogP contribution >= 0.6 is 12.4 Å². The third-order valence-corrected chi connectivity index (χ3v) is 2.56. The number of esters is 1. The van der Waals surface area contributed by atoms with Crippen molar-refractivity contribution in [3.8, 4) is 0 Å². The Morgan fingerprint density at radius 1 is 1.12 bits per heavy atom. The summed E-state index contributed by atoms with van der Waals surface area (Å²) < 4.78 is 4.38. The molecule has 0 rings (SSSR count). The van der Waals surface area contributed by atoms with E-state index in [1.54, 1.807) is 6.92 Å². The van der Waals surface area contributed by atoms with Crippen molar-refractivity contribution >= 4 is 18.4 Å². The second kappa shape index (κ2) is 5.23. The van der Waals surface area contributed by atoms with Crippen LogP contribution in [-0.4, -0.2) is 30.1 Å². The standard InChI is InChI=1S/C7H20N6O2.ClH/c1-3-5(8,9)7(12,13)6(10,11)4(14)15-2;/h3,8-13H2,1-2H3;1H. The van der Waals surface area contributed by atoms with Gasteiger partial charge in [-0.05, 0) is 6.42 Å². The van der Waals surface area contributed by atoms with Crippen LogP contribution in [0, 0.1) is 0 Å². The minimum Gasteiger partial charge on any atom is -0.467 e. The molecule has 16 heavy (non-hydrogen) atoms. The van der Waals surface area contributed by atoms with Crippen molar-refractivity contribution < 1.29 is 9.53 Å². The van der Waals surface area contributed by atoms with E-state index in [1.807, 2.05) is 0 Å². The lowest BCUT2D eigenvalue weighted by Crippen LogP contribution is -2.91. The van der Waals surface area contributed by atoms with E-state index in [9.17, 15) is 4.79 Å². The van der Waals surface area contributed by atoms with Gasteiger partial charge in [-0.25, -0.2) is 4.79 Å². The van der Waals surface area contributed by atoms with Crippen molar-refractivity contribution in [3.05, 3.63) is 0 Å². The summed E-state index contributed by atoms with van der Waals surface area (Å²) in [5.41, 5.74) is 27.8. The molecule has 12 N–H and O–H groups in total. The molecular formula is C7H21ClN6O2. The molecule has 9 heteroatoms. The molecule has 98 valence electrons. The van der Waals surface area contributed by atoms with Crippen LogP contribution in [0.3, 0.4) is 0 Å². The summed E-state index contributed by atoms with van der Waals surface area (Å²) in [6.07, 6.45) is 0.188. The summed E-state index contributed by atoms with van der Waals surface area (Å²) in [7, 11) is 1.10. The van der Waals surface area contributed by atoms with Gasteiger partial charge in [0.1, 0.15) is 5.66 Å². The zero-order valence-corrected chi connectivity index (χ0v) is 10.2. The maximum Gasteiger partial charge on any atom is 0.344 e. The number of carbonyl (C=O) groups excluding carboxylic acids is 1. The fourth-order valence-electron chi connectivity index (χ4n) is 1.02. The smallest absolute Gasteiger partial charge is 0.344 e. The van der Waals surface area contributed by atoms with Crippen molar-refractivity contribution in [3.63, 3.8) is 0 Å². The number of methoxy groups -OCH3 is 1. The molecule has 0 radical (unpaired) electrons. The van der Waals surface area contributed by atoms with E-state index in [0.29, 0.717) is 0 Å². The van der Waals surface area contributed by atoms with Crippen LogP contribution in [0.5, 0.6) is 0 Å². The monoisotopic (exact) mass is 256 g/mol. The zero-order chi connectivity index (χ0) is 12.5. The first-order valence-electron chi connectivity index (χ1n) is 4.36. The molecule has 0 aliphatic rings. The van der Waals surface area contributed by atoms with Gasteiger partial charge in [0.2, 0.25) is 0 Å². The molecule has 0 aliphatic heterocycles. The Balaban J connectivity index is 0. The Hall–Kier alpha value is -0.480. The highest BCUT2D eigenvalue weighted by atomic mass is 35.5. The summed E-state index contributed by atoms with van der Waals surface area (Å²) in [5, 5.41) is 0. The summed E-state index contributed by atoms with van der Waals surface area (Å²) in [4.78, 5) is 11.3. The fraction of sp³-hybridized carbons (Fsp3) is 0.857. The summed E-state index contributed by atoms with van der Waals surface area (Å²) in [5.74, 6) is -0.985. The van der Waals surface area contributed by atoms with Crippen LogP contribution in [0.15, 0.2) is 0 Å². The van der Waals surface area contributed by atoms with Gasteiger partial charge in [0.25, 0.3) is 0 Å². The zero-order valence-electron chi connectivity index (χ0n) is 9.40. The van der Waals surface area contributed by atoms with Gasteiger partial charge in [-0.1, -0.05) is 6.92 Å². The van der Waals surface area contributed by atoms with Crippen molar-refractivity contribution in [2.45, 2.75) is 30.3 Å². The molecule has 0 atom stereocenters. The first-order chi connectivity index (χ1) is 6.54. The first kappa shape index (κ1) is 17.9. The minimum atomic E-state index is -2.17. The number of hydrogen-bond acceptors (Lipinski definition) is 8. The van der Waals surface area contributed by atoms with E-state index in [1.165, 1.54) is 0 Å². The molecule has 0 fully saturated rings. The lowest BCUT2D eigenvalue weighted by atomic mass is 9.82. The van der Waals surface area contributed by atoms with Crippen LogP contribution in [-0.2, 0) is 9.53 Å². The largest absolute Gasteiger partial charge is 0.467 e. The summed E-state index contributed by atoms with van der Waals surface area (Å²) in [6, 6.07) is 0. The molecule has 8 nitrogen and oxygen atoms in total. The number of halogens is 1. The second-order valence-corrected chi connectivity index (χ2v) is 3.62. The van der Waals surface area contributed by atoms with Gasteiger partial charge in [0, 0.05) is 0 Å². The highest BCUT2D eigenvalue weighted by Crippen LogP contribution is 2.19. The molecule has 0 spiro atoms. The molecule has 0 bridgehead atoms. The van der Waals surface area contributed by atoms with Crippen molar-refractivity contribution in [2.75, 3.05) is 7.11 Å². The lowest BCUT2D eigenvalue weighted by Gasteiger charge is -2.47. The normalized spacial score (nSPS) is 13.0. The van der Waals surface area contributed by atoms with Gasteiger partial charge in [-0.2, -0.15) is 0 Å². The minimum absolute atomic E-state index is 0. The Labute approximate surface area is 100 Å². The lowest BCUT2D eigenvalue weighted by molar-refractivity contribution is -0.151. The van der Waals surface area contributed by atoms with Crippen molar-refractivity contribution in [2.24, 2.45) is 34.4 Å². The van der Waals surface area contributed by atoms with Gasteiger partial charge in [0.05, 0.1) is 12.8 Å². The summed E-state index contributed by atoms with van der Waals surface area (Å²) in [6.45, 7) is 1.64. The summed E-state index contributed by atoms with van der Waals surface area (Å²) >= 11 is 0. The van der Waals surface area contributed by atoms with E-state index >= 15 is 0 Å². The van der Waals surface area contributed by atoms with Gasteiger partial charge in [-0.15, -0.1) is 12.4 Å². The highest BCUT2D eigenvalue weighted by molar-refractivity contribution is 5.85. The highest BCUT2D eigenvalue weighted by Gasteiger charge is 2.56. The van der Waals surface area contributed by atoms with Crippen molar-refractivity contribution in [1.82, 2.24) is 0 Å². The van der Waals surface area contributed by atoms with E-state index in [-0.39, 0.29) is 18.8 Å². The van der Waals surface area contributed by atoms with Gasteiger partial charge in [0.15, 0.2) is 5.66 Å². The predicted molar refractivity (Wildman–Crippen MR) is 62.9 cm³/mol. The SMILES string of the molecule is CCC(N)(N)C(N)(N)C(N)(N)C(=O)OC.Cl. The number of nitrogens with two attached hydrogens (primary N) is 6. The molecule has 0 aromatic rings. The van der Waals surface area contributed by atoms with Crippen LogP contribution in [0.25, 0.3) is 0 Å². The van der Waals surface area contributed by atoms with E-state index in [0.717, 1.165) is 7.11 Å². The molecule has 0 saturated carbocycles. The molecule has 0 saturated heterocycles. The molecule has 0 aromatic heterocycles. The van der Waals surface area contributed by atoms with Crippen LogP contribution in [0.1, 0.15) is 13.3 Å². The van der Waals surface area contributed by atoms with Gasteiger partial charge < -0.3 is 39.1 Å². The maximum atomic E-state index is 11.3. The average Bonchev–Trinajstić information content (AvgIpc) is 2.15. The average molecular weight is 257 g/mol. The van der Waals surface area contributed by atoms with E-state index in [2.05, 4.69) is 4.74 Å². The Morgan fingerprint density at radius 2 is 1.50 bits per heavy atom. The Morgan fingerprint density at radius 3 is 1.75 bits per heavy atom. The molecular weight excluding hydrogens is 236 g/mol. The number of ether oxygens (including phenoxy) is 1. The van der Waals surface area contributed by atoms with Crippen molar-refractivity contribution in [1.29, 1.82) is 0 Å². The van der Waals surface area contributed by atoms with Crippen LogP contribution in [0.4, 0.5) is 0 Å². The fourth-order valence-corrected chi connectivity index (χ4v) is 1.02. The predicted octanol–water partition coefficient (Wildman–Crippen LogP) is -3.17. The number of rotatable bonds is 4. The molecule has 0 aliphatic carbocycles. The Bertz CT molecular complexity index is 255. The molecule has 0 heterocycles. The second-order valence-electron chi connectivity index (χ2n) is 3.62. The van der Waals surface area contributed by atoms with E-state index in [4.69, 9.17) is 34.4 Å². The maximum absolute atomic E-state index is 11.3. The topological polar surface area (TPSA) is 182 Å². The third-order valence-electron chi connectivity index (χ3n) is 2.56. The van der Waals surface area contributed by atoms with Crippen LogP contribution in [0.2, 0.25) is 0 Å². The van der Waals surface area contributed by atoms with Crippen LogP contribution < -0.4 is 34.4 Å². The quantitative estimate of drug-likeness (QED) is 0.225. The van der Waals surface area contributed by atoms with E-state index < -0.39 is 23.0 Å². The Kier molecular flexibility index (Phi) is 5.86.